The monoisotopic (exact) mass is 429 g/mol. The van der Waals surface area contributed by atoms with Crippen LogP contribution in [0.25, 0.3) is 6.08 Å². The van der Waals surface area contributed by atoms with Gasteiger partial charge in [0, 0.05) is 37.3 Å². The van der Waals surface area contributed by atoms with Crippen LogP contribution in [0.2, 0.25) is 5.02 Å². The first-order chi connectivity index (χ1) is 14.5. The second kappa shape index (κ2) is 10.4. The van der Waals surface area contributed by atoms with E-state index in [1.165, 1.54) is 6.08 Å². The lowest BCUT2D eigenvalue weighted by atomic mass is 10.1. The molecule has 7 heteroatoms. The summed E-state index contributed by atoms with van der Waals surface area (Å²) >= 11 is 6.20. The van der Waals surface area contributed by atoms with Crippen LogP contribution >= 0.6 is 11.6 Å². The number of carbonyl (C=O) groups excluding carboxylic acids is 1. The lowest BCUT2D eigenvalue weighted by molar-refractivity contribution is -0.111. The first kappa shape index (κ1) is 22.0. The van der Waals surface area contributed by atoms with Crippen LogP contribution in [0, 0.1) is 0 Å². The van der Waals surface area contributed by atoms with Gasteiger partial charge in [-0.2, -0.15) is 0 Å². The van der Waals surface area contributed by atoms with Gasteiger partial charge < -0.3 is 24.6 Å². The van der Waals surface area contributed by atoms with Crippen molar-refractivity contribution in [2.45, 2.75) is 6.92 Å². The Morgan fingerprint density at radius 1 is 1.07 bits per heavy atom. The van der Waals surface area contributed by atoms with Gasteiger partial charge in [-0.1, -0.05) is 24.6 Å². The summed E-state index contributed by atoms with van der Waals surface area (Å²) in [6, 6.07) is 11.1. The molecule has 0 saturated carbocycles. The van der Waals surface area contributed by atoms with Gasteiger partial charge in [0.1, 0.15) is 0 Å². The number of benzene rings is 2. The summed E-state index contributed by atoms with van der Waals surface area (Å²) in [6.07, 6.45) is 3.24. The fourth-order valence-electron chi connectivity index (χ4n) is 3.49. The van der Waals surface area contributed by atoms with Crippen LogP contribution in [-0.4, -0.2) is 57.8 Å². The van der Waals surface area contributed by atoms with Crippen molar-refractivity contribution < 1.29 is 14.3 Å². The summed E-state index contributed by atoms with van der Waals surface area (Å²) in [5.41, 5.74) is 2.54. The van der Waals surface area contributed by atoms with E-state index in [9.17, 15) is 4.79 Å². The van der Waals surface area contributed by atoms with Gasteiger partial charge in [0.25, 0.3) is 0 Å². The van der Waals surface area contributed by atoms with E-state index in [1.54, 1.807) is 32.4 Å². The second-order valence-corrected chi connectivity index (χ2v) is 7.46. The Kier molecular flexibility index (Phi) is 7.60. The molecule has 30 heavy (non-hydrogen) atoms. The topological polar surface area (TPSA) is 54.0 Å². The Morgan fingerprint density at radius 2 is 1.80 bits per heavy atom. The van der Waals surface area contributed by atoms with Crippen LogP contribution in [0.5, 0.6) is 11.5 Å². The summed E-state index contributed by atoms with van der Waals surface area (Å²) in [4.78, 5) is 17.3. The minimum atomic E-state index is -0.222. The predicted molar refractivity (Wildman–Crippen MR) is 123 cm³/mol. The summed E-state index contributed by atoms with van der Waals surface area (Å²) in [7, 11) is 3.17. The molecule has 160 valence electrons. The van der Waals surface area contributed by atoms with Crippen molar-refractivity contribution in [3.05, 3.63) is 53.1 Å². The summed E-state index contributed by atoms with van der Waals surface area (Å²) in [5, 5.41) is 3.56. The van der Waals surface area contributed by atoms with Crippen molar-refractivity contribution in [2.75, 3.05) is 57.2 Å². The van der Waals surface area contributed by atoms with Crippen molar-refractivity contribution >= 4 is 35.0 Å². The van der Waals surface area contributed by atoms with Crippen LogP contribution in [0.1, 0.15) is 12.5 Å². The highest BCUT2D eigenvalue weighted by atomic mass is 35.5. The van der Waals surface area contributed by atoms with Crippen LogP contribution in [0.15, 0.2) is 42.5 Å². The third-order valence-corrected chi connectivity index (χ3v) is 5.45. The molecule has 3 rings (SSSR count). The summed E-state index contributed by atoms with van der Waals surface area (Å²) in [6.45, 7) is 7.07. The number of halogens is 1. The lowest BCUT2D eigenvalue weighted by Gasteiger charge is -2.36. The molecule has 0 atom stereocenters. The molecule has 1 saturated heterocycles. The zero-order valence-corrected chi connectivity index (χ0v) is 18.4. The zero-order chi connectivity index (χ0) is 21.5. The number of hydrogen-bond acceptors (Lipinski definition) is 5. The van der Waals surface area contributed by atoms with E-state index in [-0.39, 0.29) is 5.91 Å². The van der Waals surface area contributed by atoms with Gasteiger partial charge in [-0.15, -0.1) is 0 Å². The smallest absolute Gasteiger partial charge is 0.248 e. The number of nitrogens with zero attached hydrogens (tertiary/aromatic N) is 2. The largest absolute Gasteiger partial charge is 0.493 e. The number of methoxy groups -OCH3 is 2. The molecule has 2 aromatic rings. The molecule has 0 aromatic heterocycles. The Bertz CT molecular complexity index is 909. The van der Waals surface area contributed by atoms with Gasteiger partial charge in [-0.05, 0) is 48.5 Å². The molecule has 0 aliphatic carbocycles. The quantitative estimate of drug-likeness (QED) is 0.670. The minimum absolute atomic E-state index is 0.222. The SMILES string of the molecule is CCN1CCN(c2ccc(Cl)cc2NC(=O)C=Cc2ccc(OC)c(OC)c2)CC1. The Labute approximate surface area is 183 Å². The average molecular weight is 430 g/mol. The van der Waals surface area contributed by atoms with Crippen LogP contribution in [-0.2, 0) is 4.79 Å². The van der Waals surface area contributed by atoms with E-state index >= 15 is 0 Å². The molecular formula is C23H28ClN3O3. The number of likely N-dealkylation sites (N-methyl/N-ethyl adjacent to an activating group) is 1. The molecule has 1 aliphatic rings. The zero-order valence-electron chi connectivity index (χ0n) is 17.7. The third-order valence-electron chi connectivity index (χ3n) is 5.21. The molecule has 0 spiro atoms. The third kappa shape index (κ3) is 5.46. The van der Waals surface area contributed by atoms with Gasteiger partial charge in [-0.3, -0.25) is 4.79 Å². The highest BCUT2D eigenvalue weighted by molar-refractivity contribution is 6.31. The highest BCUT2D eigenvalue weighted by Crippen LogP contribution is 2.31. The number of hydrogen-bond donors (Lipinski definition) is 1. The predicted octanol–water partition coefficient (Wildman–Crippen LogP) is 4.15. The first-order valence-corrected chi connectivity index (χ1v) is 10.4. The Hall–Kier alpha value is -2.70. The van der Waals surface area contributed by atoms with Crippen LogP contribution in [0.4, 0.5) is 11.4 Å². The molecule has 6 nitrogen and oxygen atoms in total. The van der Waals surface area contributed by atoms with E-state index in [4.69, 9.17) is 21.1 Å². The van der Waals surface area contributed by atoms with Crippen molar-refractivity contribution in [3.63, 3.8) is 0 Å². The van der Waals surface area contributed by atoms with E-state index < -0.39 is 0 Å². The standard InChI is InChI=1S/C23H28ClN3O3/c1-4-26-11-13-27(14-12-26)20-8-7-18(24)16-19(20)25-23(28)10-6-17-5-9-21(29-2)22(15-17)30-3/h5-10,15-16H,4,11-14H2,1-3H3,(H,25,28). The van der Waals surface area contributed by atoms with Crippen LogP contribution in [0.3, 0.4) is 0 Å². The molecule has 0 unspecified atom stereocenters. The van der Waals surface area contributed by atoms with E-state index in [0.717, 1.165) is 49.7 Å². The Balaban J connectivity index is 1.72. The number of piperazine rings is 1. The normalized spacial score (nSPS) is 14.7. The van der Waals surface area contributed by atoms with E-state index in [1.807, 2.05) is 24.3 Å². The maximum Gasteiger partial charge on any atom is 0.248 e. The molecule has 0 bridgehead atoms. The molecule has 1 aliphatic heterocycles. The minimum Gasteiger partial charge on any atom is -0.493 e. The maximum absolute atomic E-state index is 12.6. The number of carbonyl (C=O) groups is 1. The van der Waals surface area contributed by atoms with Crippen molar-refractivity contribution in [1.82, 2.24) is 4.90 Å². The molecule has 1 amide bonds. The number of amides is 1. The molecule has 0 radical (unpaired) electrons. The molecule has 1 heterocycles. The first-order valence-electron chi connectivity index (χ1n) is 10.0. The van der Waals surface area contributed by atoms with Gasteiger partial charge in [-0.25, -0.2) is 0 Å². The summed E-state index contributed by atoms with van der Waals surface area (Å²) in [5.74, 6) is 1.04. The molecule has 1 N–H and O–H groups in total. The summed E-state index contributed by atoms with van der Waals surface area (Å²) < 4.78 is 10.6. The number of nitrogens with one attached hydrogen (secondary N) is 1. The van der Waals surface area contributed by atoms with Crippen molar-refractivity contribution in [2.24, 2.45) is 0 Å². The van der Waals surface area contributed by atoms with Crippen LogP contribution < -0.4 is 19.7 Å². The molecular weight excluding hydrogens is 402 g/mol. The van der Waals surface area contributed by atoms with Crippen molar-refractivity contribution in [1.29, 1.82) is 0 Å². The highest BCUT2D eigenvalue weighted by Gasteiger charge is 2.19. The van der Waals surface area contributed by atoms with Crippen molar-refractivity contribution in [3.8, 4) is 11.5 Å². The Morgan fingerprint density at radius 3 is 2.47 bits per heavy atom. The van der Waals surface area contributed by atoms with Gasteiger partial charge in [0.05, 0.1) is 25.6 Å². The molecule has 1 fully saturated rings. The van der Waals surface area contributed by atoms with Gasteiger partial charge >= 0.3 is 0 Å². The maximum atomic E-state index is 12.6. The average Bonchev–Trinajstić information content (AvgIpc) is 2.77. The fourth-order valence-corrected chi connectivity index (χ4v) is 3.66. The number of anilines is 2. The van der Waals surface area contributed by atoms with E-state index in [0.29, 0.717) is 16.5 Å². The lowest BCUT2D eigenvalue weighted by Crippen LogP contribution is -2.46. The number of ether oxygens (including phenoxy) is 2. The fraction of sp³-hybridized carbons (Fsp3) is 0.348. The van der Waals surface area contributed by atoms with E-state index in [2.05, 4.69) is 22.0 Å². The van der Waals surface area contributed by atoms with Gasteiger partial charge in [0.15, 0.2) is 11.5 Å². The number of rotatable bonds is 7. The second-order valence-electron chi connectivity index (χ2n) is 7.02. The van der Waals surface area contributed by atoms with Gasteiger partial charge in [0.2, 0.25) is 5.91 Å². The molecule has 2 aromatic carbocycles.